The van der Waals surface area contributed by atoms with Crippen LogP contribution in [0.2, 0.25) is 0 Å². The molecule has 23 heavy (non-hydrogen) atoms. The summed E-state index contributed by atoms with van der Waals surface area (Å²) in [7, 11) is 0. The van der Waals surface area contributed by atoms with E-state index in [-0.39, 0.29) is 5.41 Å². The molecule has 0 aromatic rings. The van der Waals surface area contributed by atoms with Gasteiger partial charge in [-0.15, -0.1) is 0 Å². The van der Waals surface area contributed by atoms with Crippen LogP contribution in [0.15, 0.2) is 0 Å². The molecule has 0 saturated heterocycles. The predicted octanol–water partition coefficient (Wildman–Crippen LogP) is 3.60. The number of amides is 1. The lowest BCUT2D eigenvalue weighted by molar-refractivity contribution is -0.172. The first-order chi connectivity index (χ1) is 10.8. The molecule has 0 aromatic carbocycles. The highest BCUT2D eigenvalue weighted by Gasteiger charge is 2.57. The molecule has 0 aromatic heterocycles. The number of carbonyl (C=O) groups excluding carboxylic acids is 1. The predicted molar refractivity (Wildman–Crippen MR) is 90.8 cm³/mol. The standard InChI is InChI=1S/C20H33NO2/c1-13(2)21(11-17-4-14(17)3)18(22)10-19-6-15-5-16(7-19)9-20(23,8-15)12-19/h13-17,23H,4-12H2,1-3H3/t14-,15-,16-,17+,19?,20?/m1/s1. The van der Waals surface area contributed by atoms with Crippen molar-refractivity contribution in [2.24, 2.45) is 29.1 Å². The van der Waals surface area contributed by atoms with E-state index in [1.165, 1.54) is 25.7 Å². The van der Waals surface area contributed by atoms with E-state index in [1.54, 1.807) is 0 Å². The van der Waals surface area contributed by atoms with Gasteiger partial charge in [0.15, 0.2) is 0 Å². The Morgan fingerprint density at radius 2 is 1.78 bits per heavy atom. The van der Waals surface area contributed by atoms with E-state index in [0.717, 1.165) is 37.6 Å². The van der Waals surface area contributed by atoms with E-state index in [4.69, 9.17) is 0 Å². The zero-order valence-electron chi connectivity index (χ0n) is 15.1. The van der Waals surface area contributed by atoms with Crippen molar-refractivity contribution in [3.63, 3.8) is 0 Å². The molecular formula is C20H33NO2. The summed E-state index contributed by atoms with van der Waals surface area (Å²) in [5.74, 6) is 3.21. The van der Waals surface area contributed by atoms with Gasteiger partial charge in [0.05, 0.1) is 5.60 Å². The van der Waals surface area contributed by atoms with Gasteiger partial charge in [0.1, 0.15) is 0 Å². The van der Waals surface area contributed by atoms with Crippen LogP contribution in [0.1, 0.15) is 72.1 Å². The van der Waals surface area contributed by atoms with Crippen LogP contribution in [0, 0.1) is 29.1 Å². The number of rotatable bonds is 5. The monoisotopic (exact) mass is 319 g/mol. The van der Waals surface area contributed by atoms with Crippen LogP contribution in [-0.4, -0.2) is 34.1 Å². The molecule has 0 unspecified atom stereocenters. The van der Waals surface area contributed by atoms with E-state index >= 15 is 0 Å². The van der Waals surface area contributed by atoms with Crippen LogP contribution in [0.5, 0.6) is 0 Å². The lowest BCUT2D eigenvalue weighted by Gasteiger charge is -2.60. The van der Waals surface area contributed by atoms with Crippen LogP contribution in [0.3, 0.4) is 0 Å². The van der Waals surface area contributed by atoms with E-state index in [0.29, 0.717) is 30.2 Å². The molecule has 0 spiro atoms. The van der Waals surface area contributed by atoms with Gasteiger partial charge in [-0.2, -0.15) is 0 Å². The van der Waals surface area contributed by atoms with Gasteiger partial charge in [-0.1, -0.05) is 6.92 Å². The maximum atomic E-state index is 13.1. The molecule has 130 valence electrons. The maximum Gasteiger partial charge on any atom is 0.223 e. The zero-order valence-corrected chi connectivity index (χ0v) is 15.1. The van der Waals surface area contributed by atoms with Gasteiger partial charge in [-0.3, -0.25) is 4.79 Å². The molecule has 5 saturated carbocycles. The molecular weight excluding hydrogens is 286 g/mol. The topological polar surface area (TPSA) is 40.5 Å². The number of nitrogens with zero attached hydrogens (tertiary/aromatic N) is 1. The van der Waals surface area contributed by atoms with Crippen molar-refractivity contribution in [3.8, 4) is 0 Å². The second-order valence-electron chi connectivity index (χ2n) is 9.98. The Morgan fingerprint density at radius 1 is 1.17 bits per heavy atom. The molecule has 5 fully saturated rings. The van der Waals surface area contributed by atoms with Crippen molar-refractivity contribution in [1.82, 2.24) is 4.90 Å². The largest absolute Gasteiger partial charge is 0.390 e. The first kappa shape index (κ1) is 15.9. The van der Waals surface area contributed by atoms with Crippen LogP contribution >= 0.6 is 0 Å². The molecule has 1 N–H and O–H groups in total. The molecule has 4 bridgehead atoms. The minimum absolute atomic E-state index is 0.109. The zero-order chi connectivity index (χ0) is 16.4. The number of carbonyl (C=O) groups is 1. The van der Waals surface area contributed by atoms with Crippen molar-refractivity contribution in [2.45, 2.75) is 83.8 Å². The molecule has 5 aliphatic rings. The first-order valence-electron chi connectivity index (χ1n) is 9.79. The summed E-state index contributed by atoms with van der Waals surface area (Å²) >= 11 is 0. The molecule has 1 amide bonds. The van der Waals surface area contributed by atoms with Crippen molar-refractivity contribution in [2.75, 3.05) is 6.54 Å². The molecule has 3 heteroatoms. The van der Waals surface area contributed by atoms with Crippen molar-refractivity contribution >= 4 is 5.91 Å². The summed E-state index contributed by atoms with van der Waals surface area (Å²) in [6, 6.07) is 0.298. The van der Waals surface area contributed by atoms with Crippen LogP contribution in [-0.2, 0) is 4.79 Å². The van der Waals surface area contributed by atoms with Crippen LogP contribution < -0.4 is 0 Å². The fourth-order valence-electron chi connectivity index (χ4n) is 6.54. The highest BCUT2D eigenvalue weighted by Crippen LogP contribution is 2.63. The number of hydrogen-bond acceptors (Lipinski definition) is 2. The van der Waals surface area contributed by atoms with E-state index in [9.17, 15) is 9.90 Å². The molecule has 0 heterocycles. The Labute approximate surface area is 140 Å². The quantitative estimate of drug-likeness (QED) is 0.841. The SMILES string of the molecule is CC(C)N(C[C@@H]1C[C@H]1C)C(=O)CC12C[C@H]3C[C@@H](CC(O)(C3)C1)C2. The summed E-state index contributed by atoms with van der Waals surface area (Å²) in [6.45, 7) is 7.55. The highest BCUT2D eigenvalue weighted by molar-refractivity contribution is 5.77. The fourth-order valence-corrected chi connectivity index (χ4v) is 6.54. The average Bonchev–Trinajstić information content (AvgIpc) is 3.07. The van der Waals surface area contributed by atoms with Gasteiger partial charge in [0.25, 0.3) is 0 Å². The average molecular weight is 319 g/mol. The van der Waals surface area contributed by atoms with E-state index < -0.39 is 5.60 Å². The third-order valence-electron chi connectivity index (χ3n) is 7.33. The molecule has 0 radical (unpaired) electrons. The normalized spacial score (nSPS) is 47.2. The Balaban J connectivity index is 1.47. The van der Waals surface area contributed by atoms with E-state index in [1.807, 2.05) is 0 Å². The third-order valence-corrected chi connectivity index (χ3v) is 7.33. The van der Waals surface area contributed by atoms with Crippen LogP contribution in [0.4, 0.5) is 0 Å². The maximum absolute atomic E-state index is 13.1. The van der Waals surface area contributed by atoms with Gasteiger partial charge in [0.2, 0.25) is 5.91 Å². The van der Waals surface area contributed by atoms with Gasteiger partial charge in [0, 0.05) is 19.0 Å². The minimum atomic E-state index is -0.446. The molecule has 4 atom stereocenters. The Bertz CT molecular complexity index is 486. The van der Waals surface area contributed by atoms with Crippen molar-refractivity contribution in [3.05, 3.63) is 0 Å². The smallest absolute Gasteiger partial charge is 0.223 e. The van der Waals surface area contributed by atoms with Gasteiger partial charge < -0.3 is 10.0 Å². The summed E-state index contributed by atoms with van der Waals surface area (Å²) in [5.41, 5.74) is -0.337. The van der Waals surface area contributed by atoms with Gasteiger partial charge in [-0.05, 0) is 87.9 Å². The van der Waals surface area contributed by atoms with Crippen LogP contribution in [0.25, 0.3) is 0 Å². The molecule has 3 nitrogen and oxygen atoms in total. The molecule has 5 rings (SSSR count). The van der Waals surface area contributed by atoms with E-state index in [2.05, 4.69) is 25.7 Å². The summed E-state index contributed by atoms with van der Waals surface area (Å²) in [5, 5.41) is 10.9. The van der Waals surface area contributed by atoms with Gasteiger partial charge >= 0.3 is 0 Å². The minimum Gasteiger partial charge on any atom is -0.390 e. The molecule has 5 aliphatic carbocycles. The summed E-state index contributed by atoms with van der Waals surface area (Å²) in [6.07, 6.45) is 8.50. The molecule has 0 aliphatic heterocycles. The van der Waals surface area contributed by atoms with Crippen molar-refractivity contribution in [1.29, 1.82) is 0 Å². The number of aliphatic hydroxyl groups is 1. The number of hydrogen-bond donors (Lipinski definition) is 1. The summed E-state index contributed by atoms with van der Waals surface area (Å²) < 4.78 is 0. The second-order valence-corrected chi connectivity index (χ2v) is 9.98. The Hall–Kier alpha value is -0.570. The fraction of sp³-hybridized carbons (Fsp3) is 0.950. The lowest BCUT2D eigenvalue weighted by atomic mass is 9.47. The van der Waals surface area contributed by atoms with Gasteiger partial charge in [-0.25, -0.2) is 0 Å². The Kier molecular flexibility index (Phi) is 3.61. The second kappa shape index (κ2) is 5.21. The summed E-state index contributed by atoms with van der Waals surface area (Å²) in [4.78, 5) is 15.2. The Morgan fingerprint density at radius 3 is 2.26 bits per heavy atom. The third kappa shape index (κ3) is 2.94. The van der Waals surface area contributed by atoms with Crippen molar-refractivity contribution < 1.29 is 9.90 Å². The highest BCUT2D eigenvalue weighted by atomic mass is 16.3. The lowest BCUT2D eigenvalue weighted by Crippen LogP contribution is -2.57. The first-order valence-corrected chi connectivity index (χ1v) is 9.79.